The van der Waals surface area contributed by atoms with Gasteiger partial charge in [-0.25, -0.2) is 0 Å². The summed E-state index contributed by atoms with van der Waals surface area (Å²) in [6, 6.07) is 76.0. The zero-order valence-corrected chi connectivity index (χ0v) is 31.8. The number of benzene rings is 9. The maximum Gasteiger partial charge on any atom is 0.286 e. The van der Waals surface area contributed by atoms with E-state index in [2.05, 4.69) is 168 Å². The Morgan fingerprint density at radius 1 is 0.397 bits per heavy atom. The first-order valence-corrected chi connectivity index (χ1v) is 19.6. The molecule has 58 heavy (non-hydrogen) atoms. The van der Waals surface area contributed by atoms with Gasteiger partial charge in [-0.1, -0.05) is 164 Å². The predicted molar refractivity (Wildman–Crippen MR) is 243 cm³/mol. The van der Waals surface area contributed by atoms with Crippen molar-refractivity contribution < 1.29 is 5.41 Å². The Balaban J connectivity index is 0.999. The molecule has 0 amide bonds. The molecule has 9 aromatic carbocycles. The normalized spacial score (nSPS) is 11.2. The van der Waals surface area contributed by atoms with Crippen LogP contribution in [0.3, 0.4) is 0 Å². The number of nitrogens with one attached hydrogen (secondary N) is 1. The molecule has 4 heteroatoms. The summed E-state index contributed by atoms with van der Waals surface area (Å²) in [4.78, 5) is 1.86. The van der Waals surface area contributed by atoms with Gasteiger partial charge in [-0.05, 0) is 93.4 Å². The molecule has 0 radical (unpaired) electrons. The Morgan fingerprint density at radius 2 is 0.862 bits per heavy atom. The first-order valence-electron chi connectivity index (χ1n) is 19.6. The van der Waals surface area contributed by atoms with Gasteiger partial charge in [0.25, 0.3) is 5.84 Å². The maximum atomic E-state index is 9.41. The van der Waals surface area contributed by atoms with Gasteiger partial charge in [-0.15, -0.1) is 0 Å². The average Bonchev–Trinajstić information content (AvgIpc) is 3.64. The van der Waals surface area contributed by atoms with Gasteiger partial charge in [0, 0.05) is 27.4 Å². The van der Waals surface area contributed by atoms with Gasteiger partial charge in [-0.3, -0.25) is 10.8 Å². The molecule has 0 saturated carbocycles. The standard InChI is InChI=1S/C54H38N4/c55-53(40-16-2-1-3-17-40)58(50-28-14-18-37-15-4-5-21-45(37)50)54(56)41-31-29-38(30-32-41)43-19-6-8-22-46(43)47-23-9-7-20-44(47)39-33-35-42(36-34-39)57-51-26-12-10-24-48(51)49-25-11-13-27-52(49)57/h1-36,55-56H/p+1. The van der Waals surface area contributed by atoms with E-state index in [1.54, 1.807) is 0 Å². The van der Waals surface area contributed by atoms with Crippen molar-refractivity contribution >= 4 is 49.9 Å². The zero-order valence-electron chi connectivity index (χ0n) is 31.8. The molecule has 0 aliphatic carbocycles. The van der Waals surface area contributed by atoms with Crippen molar-refractivity contribution in [2.45, 2.75) is 0 Å². The van der Waals surface area contributed by atoms with Crippen LogP contribution in [0.2, 0.25) is 0 Å². The summed E-state index contributed by atoms with van der Waals surface area (Å²) in [7, 11) is 0. The molecule has 0 aliphatic heterocycles. The average molecular weight is 744 g/mol. The molecule has 0 spiro atoms. The SMILES string of the molecule is N=C(c1ccccc1)N(C(=[NH2+])c1ccc(-c2ccccc2-c2ccccc2-c2ccc(-n3c4ccccc4c4ccccc43)cc2)cc1)c1cccc2ccccc12. The van der Waals surface area contributed by atoms with Gasteiger partial charge in [0.1, 0.15) is 5.69 Å². The Hall–Kier alpha value is -7.82. The molecular weight excluding hydrogens is 705 g/mol. The van der Waals surface area contributed by atoms with Crippen molar-refractivity contribution in [2.75, 3.05) is 4.90 Å². The number of nitrogens with zero attached hydrogens (tertiary/aromatic N) is 2. The van der Waals surface area contributed by atoms with E-state index in [1.165, 1.54) is 27.4 Å². The molecule has 1 heterocycles. The van der Waals surface area contributed by atoms with Crippen molar-refractivity contribution in [3.63, 3.8) is 0 Å². The van der Waals surface area contributed by atoms with E-state index in [-0.39, 0.29) is 0 Å². The van der Waals surface area contributed by atoms with E-state index in [4.69, 9.17) is 5.41 Å². The number of rotatable bonds is 7. The van der Waals surface area contributed by atoms with E-state index in [0.29, 0.717) is 11.7 Å². The molecule has 0 aliphatic rings. The second-order valence-corrected chi connectivity index (χ2v) is 14.5. The topological polar surface area (TPSA) is 57.6 Å². The largest absolute Gasteiger partial charge is 0.309 e. The summed E-state index contributed by atoms with van der Waals surface area (Å²) in [6.07, 6.45) is 0. The molecule has 0 bridgehead atoms. The van der Waals surface area contributed by atoms with Crippen LogP contribution in [0.5, 0.6) is 0 Å². The fourth-order valence-electron chi connectivity index (χ4n) is 8.38. The number of nitrogens with two attached hydrogens (primary N) is 1. The fourth-order valence-corrected chi connectivity index (χ4v) is 8.38. The summed E-state index contributed by atoms with van der Waals surface area (Å²) in [6.45, 7) is 0. The summed E-state index contributed by atoms with van der Waals surface area (Å²) in [5.41, 5.74) is 12.9. The van der Waals surface area contributed by atoms with Crippen LogP contribution >= 0.6 is 0 Å². The summed E-state index contributed by atoms with van der Waals surface area (Å²) >= 11 is 0. The summed E-state index contributed by atoms with van der Waals surface area (Å²) < 4.78 is 2.36. The third-order valence-corrected chi connectivity index (χ3v) is 11.2. The van der Waals surface area contributed by atoms with Gasteiger partial charge >= 0.3 is 0 Å². The fraction of sp³-hybridized carbons (Fsp3) is 0. The molecule has 10 aromatic rings. The molecule has 0 fully saturated rings. The van der Waals surface area contributed by atoms with Gasteiger partial charge in [0.2, 0.25) is 5.84 Å². The highest BCUT2D eigenvalue weighted by molar-refractivity contribution is 6.29. The van der Waals surface area contributed by atoms with Crippen LogP contribution in [0.1, 0.15) is 11.1 Å². The van der Waals surface area contributed by atoms with Crippen LogP contribution in [0.25, 0.3) is 71.6 Å². The molecule has 0 saturated heterocycles. The number of hydrogen-bond acceptors (Lipinski definition) is 1. The minimum Gasteiger partial charge on any atom is -0.309 e. The van der Waals surface area contributed by atoms with Crippen LogP contribution in [0.4, 0.5) is 5.69 Å². The van der Waals surface area contributed by atoms with Crippen molar-refractivity contribution in [1.29, 1.82) is 5.41 Å². The van der Waals surface area contributed by atoms with E-state index in [1.807, 2.05) is 59.5 Å². The zero-order chi connectivity index (χ0) is 39.0. The highest BCUT2D eigenvalue weighted by atomic mass is 15.2. The van der Waals surface area contributed by atoms with Gasteiger partial charge < -0.3 is 4.57 Å². The highest BCUT2D eigenvalue weighted by Crippen LogP contribution is 2.39. The van der Waals surface area contributed by atoms with Crippen molar-refractivity contribution in [2.24, 2.45) is 0 Å². The van der Waals surface area contributed by atoms with Crippen LogP contribution in [-0.2, 0) is 0 Å². The summed E-state index contributed by atoms with van der Waals surface area (Å²) in [5, 5.41) is 21.1. The predicted octanol–water partition coefficient (Wildman–Crippen LogP) is 12.0. The number of anilines is 1. The Kier molecular flexibility index (Phi) is 8.77. The number of aromatic nitrogens is 1. The number of fused-ring (bicyclic) bond motifs is 4. The quantitative estimate of drug-likeness (QED) is 0.124. The van der Waals surface area contributed by atoms with Crippen LogP contribution in [-0.4, -0.2) is 16.2 Å². The molecule has 0 unspecified atom stereocenters. The molecule has 274 valence electrons. The third kappa shape index (κ3) is 6.05. The van der Waals surface area contributed by atoms with Crippen molar-refractivity contribution in [1.82, 2.24) is 4.57 Å². The van der Waals surface area contributed by atoms with Crippen molar-refractivity contribution in [3.05, 3.63) is 230 Å². The van der Waals surface area contributed by atoms with Gasteiger partial charge in [-0.2, -0.15) is 4.90 Å². The Labute approximate surface area is 337 Å². The lowest BCUT2D eigenvalue weighted by Crippen LogP contribution is -2.54. The van der Waals surface area contributed by atoms with E-state index in [0.717, 1.165) is 61.1 Å². The van der Waals surface area contributed by atoms with Crippen LogP contribution < -0.4 is 10.3 Å². The van der Waals surface area contributed by atoms with Gasteiger partial charge in [0.05, 0.1) is 16.6 Å². The van der Waals surface area contributed by atoms with E-state index >= 15 is 0 Å². The molecule has 10 rings (SSSR count). The Bertz CT molecular complexity index is 3080. The molecule has 1 aromatic heterocycles. The smallest absolute Gasteiger partial charge is 0.286 e. The monoisotopic (exact) mass is 743 g/mol. The first-order chi connectivity index (χ1) is 28.6. The molecule has 0 atom stereocenters. The third-order valence-electron chi connectivity index (χ3n) is 11.2. The number of hydrogen-bond donors (Lipinski definition) is 2. The van der Waals surface area contributed by atoms with Gasteiger partial charge in [0.15, 0.2) is 0 Å². The molecular formula is C54H39N4+. The van der Waals surface area contributed by atoms with E-state index < -0.39 is 0 Å². The summed E-state index contributed by atoms with van der Waals surface area (Å²) in [5.74, 6) is 0.795. The number of para-hydroxylation sites is 2. The minimum atomic E-state index is 0.309. The lowest BCUT2D eigenvalue weighted by atomic mass is 9.89. The molecule has 3 N–H and O–H groups in total. The first kappa shape index (κ1) is 34.7. The van der Waals surface area contributed by atoms with Crippen LogP contribution in [0, 0.1) is 5.41 Å². The lowest BCUT2D eigenvalue weighted by Gasteiger charge is -2.20. The minimum absolute atomic E-state index is 0.309. The second-order valence-electron chi connectivity index (χ2n) is 14.5. The second kappa shape index (κ2) is 14.7. The maximum absolute atomic E-state index is 9.41. The lowest BCUT2D eigenvalue weighted by molar-refractivity contribution is -0.113. The van der Waals surface area contributed by atoms with Crippen molar-refractivity contribution in [3.8, 4) is 39.1 Å². The van der Waals surface area contributed by atoms with Crippen LogP contribution in [0.15, 0.2) is 218 Å². The molecule has 4 nitrogen and oxygen atoms in total. The van der Waals surface area contributed by atoms with E-state index in [9.17, 15) is 5.41 Å². The Morgan fingerprint density at radius 3 is 1.47 bits per heavy atom. The highest BCUT2D eigenvalue weighted by Gasteiger charge is 2.30. The number of amidine groups is 2.